The summed E-state index contributed by atoms with van der Waals surface area (Å²) in [7, 11) is 0. The van der Waals surface area contributed by atoms with Crippen molar-refractivity contribution in [3.8, 4) is 0 Å². The summed E-state index contributed by atoms with van der Waals surface area (Å²) in [5.74, 6) is 0. The standard InChI is InChI=1S/C23H23F6N/c1-14-5-3-4-6-20(14)21(9-10-30-19-7-8-19)15(2)16-11-17(22(24,25)26)13-18(12-16)23(27,28)29/h3-6,11-13,19,30H,7-10H2,1-2H3/b21-15+. The lowest BCUT2D eigenvalue weighted by Gasteiger charge is -2.19. The van der Waals surface area contributed by atoms with Gasteiger partial charge in [0, 0.05) is 6.04 Å². The van der Waals surface area contributed by atoms with E-state index in [0.717, 1.165) is 41.7 Å². The van der Waals surface area contributed by atoms with Gasteiger partial charge in [0.15, 0.2) is 0 Å². The lowest BCUT2D eigenvalue weighted by atomic mass is 9.89. The zero-order valence-corrected chi connectivity index (χ0v) is 16.7. The normalized spacial score (nSPS) is 15.9. The molecular weight excluding hydrogens is 404 g/mol. The first-order chi connectivity index (χ1) is 14.0. The summed E-state index contributed by atoms with van der Waals surface area (Å²) in [5, 5.41) is 3.36. The first-order valence-corrected chi connectivity index (χ1v) is 9.76. The Morgan fingerprint density at radius 1 is 0.933 bits per heavy atom. The van der Waals surface area contributed by atoms with Crippen molar-refractivity contribution >= 4 is 11.1 Å². The predicted octanol–water partition coefficient (Wildman–Crippen LogP) is 7.11. The number of alkyl halides is 6. The van der Waals surface area contributed by atoms with Crippen LogP contribution in [0.25, 0.3) is 11.1 Å². The van der Waals surface area contributed by atoms with E-state index in [2.05, 4.69) is 5.32 Å². The van der Waals surface area contributed by atoms with Crippen LogP contribution in [0.5, 0.6) is 0 Å². The van der Waals surface area contributed by atoms with Crippen LogP contribution in [0, 0.1) is 6.92 Å². The Bertz CT molecular complexity index is 903. The van der Waals surface area contributed by atoms with Crippen LogP contribution in [0.3, 0.4) is 0 Å². The van der Waals surface area contributed by atoms with Crippen molar-refractivity contribution in [2.45, 2.75) is 51.5 Å². The molecule has 0 bridgehead atoms. The highest BCUT2D eigenvalue weighted by Gasteiger charge is 2.37. The minimum Gasteiger partial charge on any atom is -0.314 e. The van der Waals surface area contributed by atoms with Gasteiger partial charge in [0.2, 0.25) is 0 Å². The highest BCUT2D eigenvalue weighted by Crippen LogP contribution is 2.39. The molecule has 1 fully saturated rings. The summed E-state index contributed by atoms with van der Waals surface area (Å²) in [5.41, 5.74) is 0.243. The maximum atomic E-state index is 13.3. The van der Waals surface area contributed by atoms with E-state index < -0.39 is 23.5 Å². The van der Waals surface area contributed by atoms with Crippen LogP contribution in [0.1, 0.15) is 54.0 Å². The van der Waals surface area contributed by atoms with Gasteiger partial charge in [-0.3, -0.25) is 0 Å². The summed E-state index contributed by atoms with van der Waals surface area (Å²) in [4.78, 5) is 0. The molecule has 1 N–H and O–H groups in total. The van der Waals surface area contributed by atoms with Gasteiger partial charge in [0.25, 0.3) is 0 Å². The van der Waals surface area contributed by atoms with Crippen molar-refractivity contribution in [3.63, 3.8) is 0 Å². The molecule has 0 spiro atoms. The van der Waals surface area contributed by atoms with E-state index in [1.807, 2.05) is 31.2 Å². The quantitative estimate of drug-likeness (QED) is 0.383. The van der Waals surface area contributed by atoms with E-state index in [-0.39, 0.29) is 11.6 Å². The molecule has 0 aromatic heterocycles. The number of allylic oxidation sites excluding steroid dienone is 1. The second-order valence-electron chi connectivity index (χ2n) is 7.69. The molecule has 1 aliphatic rings. The first-order valence-electron chi connectivity index (χ1n) is 9.76. The minimum absolute atomic E-state index is 0.0678. The highest BCUT2D eigenvalue weighted by molar-refractivity contribution is 5.91. The average molecular weight is 427 g/mol. The number of hydrogen-bond donors (Lipinski definition) is 1. The SMILES string of the molecule is C/C(=C(/CCNC1CC1)c1ccccc1C)c1cc(C(F)(F)F)cc(C(F)(F)F)c1. The van der Waals surface area contributed by atoms with Crippen LogP contribution < -0.4 is 5.32 Å². The van der Waals surface area contributed by atoms with Gasteiger partial charge in [0.05, 0.1) is 11.1 Å². The summed E-state index contributed by atoms with van der Waals surface area (Å²) < 4.78 is 79.8. The van der Waals surface area contributed by atoms with E-state index in [4.69, 9.17) is 0 Å². The number of nitrogens with one attached hydrogen (secondary N) is 1. The van der Waals surface area contributed by atoms with Crippen molar-refractivity contribution in [3.05, 3.63) is 70.3 Å². The summed E-state index contributed by atoms with van der Waals surface area (Å²) >= 11 is 0. The van der Waals surface area contributed by atoms with E-state index in [0.29, 0.717) is 24.6 Å². The van der Waals surface area contributed by atoms with Crippen LogP contribution in [0.2, 0.25) is 0 Å². The summed E-state index contributed by atoms with van der Waals surface area (Å²) in [6.45, 7) is 4.08. The third-order valence-electron chi connectivity index (χ3n) is 5.33. The molecule has 30 heavy (non-hydrogen) atoms. The molecule has 2 aromatic rings. The fourth-order valence-electron chi connectivity index (χ4n) is 3.47. The van der Waals surface area contributed by atoms with E-state index in [9.17, 15) is 26.3 Å². The van der Waals surface area contributed by atoms with Gasteiger partial charge in [-0.15, -0.1) is 0 Å². The van der Waals surface area contributed by atoms with Gasteiger partial charge >= 0.3 is 12.4 Å². The van der Waals surface area contributed by atoms with Crippen molar-refractivity contribution in [1.82, 2.24) is 5.32 Å². The minimum atomic E-state index is -4.87. The Hall–Kier alpha value is -2.28. The predicted molar refractivity (Wildman–Crippen MR) is 106 cm³/mol. The van der Waals surface area contributed by atoms with Crippen molar-refractivity contribution < 1.29 is 26.3 Å². The lowest BCUT2D eigenvalue weighted by Crippen LogP contribution is -2.18. The zero-order chi connectivity index (χ0) is 22.1. The summed E-state index contributed by atoms with van der Waals surface area (Å²) in [6, 6.07) is 9.62. The molecule has 0 unspecified atom stereocenters. The van der Waals surface area contributed by atoms with E-state index >= 15 is 0 Å². The van der Waals surface area contributed by atoms with Gasteiger partial charge in [-0.05, 0) is 85.7 Å². The molecule has 7 heteroatoms. The van der Waals surface area contributed by atoms with Crippen molar-refractivity contribution in [2.75, 3.05) is 6.54 Å². The maximum Gasteiger partial charge on any atom is 0.416 e. The highest BCUT2D eigenvalue weighted by atomic mass is 19.4. The molecule has 0 amide bonds. The number of benzene rings is 2. The smallest absolute Gasteiger partial charge is 0.314 e. The maximum absolute atomic E-state index is 13.3. The van der Waals surface area contributed by atoms with Gasteiger partial charge in [-0.1, -0.05) is 24.3 Å². The van der Waals surface area contributed by atoms with Gasteiger partial charge in [0.1, 0.15) is 0 Å². The topological polar surface area (TPSA) is 12.0 Å². The Balaban J connectivity index is 2.12. The van der Waals surface area contributed by atoms with Crippen molar-refractivity contribution in [1.29, 1.82) is 0 Å². The van der Waals surface area contributed by atoms with Crippen molar-refractivity contribution in [2.24, 2.45) is 0 Å². The largest absolute Gasteiger partial charge is 0.416 e. The third kappa shape index (κ3) is 5.45. The summed E-state index contributed by atoms with van der Waals surface area (Å²) in [6.07, 6.45) is -7.06. The molecule has 3 rings (SSSR count). The molecule has 0 atom stereocenters. The number of rotatable bonds is 6. The van der Waals surface area contributed by atoms with E-state index in [1.165, 1.54) is 0 Å². The fourth-order valence-corrected chi connectivity index (χ4v) is 3.47. The molecule has 0 aliphatic heterocycles. The molecule has 0 radical (unpaired) electrons. The Labute approximate surface area is 171 Å². The van der Waals surface area contributed by atoms with Gasteiger partial charge in [-0.2, -0.15) is 26.3 Å². The van der Waals surface area contributed by atoms with Crippen LogP contribution in [0.4, 0.5) is 26.3 Å². The molecule has 0 heterocycles. The van der Waals surface area contributed by atoms with Crippen LogP contribution >= 0.6 is 0 Å². The third-order valence-corrected chi connectivity index (χ3v) is 5.33. The Morgan fingerprint density at radius 2 is 1.50 bits per heavy atom. The molecule has 2 aromatic carbocycles. The first kappa shape index (κ1) is 22.4. The Morgan fingerprint density at radius 3 is 2.00 bits per heavy atom. The molecule has 0 saturated heterocycles. The zero-order valence-electron chi connectivity index (χ0n) is 16.7. The van der Waals surface area contributed by atoms with Gasteiger partial charge < -0.3 is 5.32 Å². The molecule has 1 saturated carbocycles. The average Bonchev–Trinajstić information content (AvgIpc) is 3.48. The molecule has 1 aliphatic carbocycles. The fraction of sp³-hybridized carbons (Fsp3) is 0.391. The number of halogens is 6. The van der Waals surface area contributed by atoms with Crippen LogP contribution in [-0.4, -0.2) is 12.6 Å². The molecule has 1 nitrogen and oxygen atoms in total. The molecule has 162 valence electrons. The number of hydrogen-bond acceptors (Lipinski definition) is 1. The van der Waals surface area contributed by atoms with Crippen LogP contribution in [-0.2, 0) is 12.4 Å². The van der Waals surface area contributed by atoms with Crippen LogP contribution in [0.15, 0.2) is 42.5 Å². The number of aryl methyl sites for hydroxylation is 1. The van der Waals surface area contributed by atoms with Gasteiger partial charge in [-0.25, -0.2) is 0 Å². The molecular formula is C23H23F6N. The Kier molecular flexibility index (Phi) is 6.32. The second-order valence-corrected chi connectivity index (χ2v) is 7.69. The monoisotopic (exact) mass is 427 g/mol. The van der Waals surface area contributed by atoms with E-state index in [1.54, 1.807) is 6.92 Å². The second kappa shape index (κ2) is 8.46. The lowest BCUT2D eigenvalue weighted by molar-refractivity contribution is -0.143.